The van der Waals surface area contributed by atoms with Crippen LogP contribution < -0.4 is 21.7 Å². The number of aromatic nitrogens is 1. The highest BCUT2D eigenvalue weighted by Gasteiger charge is 2.17. The number of nitrogens with zero attached hydrogens (tertiary/aromatic N) is 1. The van der Waals surface area contributed by atoms with Crippen molar-refractivity contribution in [2.75, 3.05) is 31.7 Å². The minimum Gasteiger partial charge on any atom is -0.382 e. The van der Waals surface area contributed by atoms with Crippen LogP contribution in [0.25, 0.3) is 0 Å². The summed E-state index contributed by atoms with van der Waals surface area (Å²) in [5, 5.41) is 8.54. The van der Waals surface area contributed by atoms with E-state index < -0.39 is 0 Å². The number of nitrogens with two attached hydrogens (primary N) is 1. The van der Waals surface area contributed by atoms with Gasteiger partial charge in [0.25, 0.3) is 5.91 Å². The number of carbonyl (C=O) groups excluding carboxylic acids is 2. The van der Waals surface area contributed by atoms with Crippen LogP contribution in [0.5, 0.6) is 0 Å². The first-order valence-corrected chi connectivity index (χ1v) is 5.79. The van der Waals surface area contributed by atoms with E-state index in [2.05, 4.69) is 20.3 Å². The lowest BCUT2D eigenvalue weighted by atomic mass is 10.3. The van der Waals surface area contributed by atoms with E-state index in [4.69, 9.17) is 5.73 Å². The van der Waals surface area contributed by atoms with E-state index in [9.17, 15) is 9.59 Å². The molecule has 1 heterocycles. The zero-order chi connectivity index (χ0) is 12.8. The Balaban J connectivity index is 2.65. The van der Waals surface area contributed by atoms with E-state index in [1.165, 1.54) is 7.05 Å². The third kappa shape index (κ3) is 3.31. The van der Waals surface area contributed by atoms with Gasteiger partial charge < -0.3 is 21.7 Å². The van der Waals surface area contributed by atoms with Gasteiger partial charge in [0.05, 0.1) is 0 Å². The summed E-state index contributed by atoms with van der Waals surface area (Å²) in [5.74, 6) is -0.174. The maximum Gasteiger partial charge on any atom is 0.257 e. The highest BCUT2D eigenvalue weighted by atomic mass is 32.1. The smallest absolute Gasteiger partial charge is 0.257 e. The Bertz CT molecular complexity index is 418. The fourth-order valence-electron chi connectivity index (χ4n) is 1.18. The molecule has 0 unspecified atom stereocenters. The van der Waals surface area contributed by atoms with Crippen molar-refractivity contribution in [3.8, 4) is 0 Å². The van der Waals surface area contributed by atoms with Crippen molar-refractivity contribution in [3.05, 3.63) is 5.56 Å². The predicted molar refractivity (Wildman–Crippen MR) is 67.1 cm³/mol. The van der Waals surface area contributed by atoms with Crippen molar-refractivity contribution in [1.29, 1.82) is 0 Å². The van der Waals surface area contributed by atoms with Gasteiger partial charge in [-0.15, -0.1) is 0 Å². The maximum atomic E-state index is 11.5. The van der Waals surface area contributed by atoms with Crippen LogP contribution in [0.15, 0.2) is 0 Å². The molecule has 0 aliphatic carbocycles. The number of nitrogens with one attached hydrogen (secondary N) is 3. The van der Waals surface area contributed by atoms with Crippen molar-refractivity contribution < 1.29 is 9.59 Å². The second-order valence-electron chi connectivity index (χ2n) is 3.20. The van der Waals surface area contributed by atoms with E-state index >= 15 is 0 Å². The number of anilines is 2. The van der Waals surface area contributed by atoms with Crippen molar-refractivity contribution in [1.82, 2.24) is 15.0 Å². The van der Waals surface area contributed by atoms with Crippen LogP contribution in [0.3, 0.4) is 0 Å². The second-order valence-corrected chi connectivity index (χ2v) is 3.97. The van der Waals surface area contributed by atoms with Gasteiger partial charge in [-0.25, -0.2) is 0 Å². The Hall–Kier alpha value is -1.83. The van der Waals surface area contributed by atoms with Crippen LogP contribution in [0.1, 0.15) is 16.8 Å². The molecule has 7 nitrogen and oxygen atoms in total. The average molecular weight is 257 g/mol. The van der Waals surface area contributed by atoms with Crippen molar-refractivity contribution in [3.63, 3.8) is 0 Å². The standard InChI is InChI=1S/C9H15N5O2S/c1-11-5(15)3-4-13-9-6(8(16)12-2)7(10)14-17-9/h13H,3-4H2,1-2H3,(H2,10,14)(H,11,15)(H,12,16). The normalized spacial score (nSPS) is 9.76. The molecule has 2 amide bonds. The minimum atomic E-state index is -0.293. The molecule has 0 atom stereocenters. The van der Waals surface area contributed by atoms with Gasteiger partial charge in [0.15, 0.2) is 5.82 Å². The lowest BCUT2D eigenvalue weighted by molar-refractivity contribution is -0.120. The first kappa shape index (κ1) is 13.2. The fraction of sp³-hybridized carbons (Fsp3) is 0.444. The SMILES string of the molecule is CNC(=O)CCNc1snc(N)c1C(=O)NC. The van der Waals surface area contributed by atoms with Crippen LogP contribution in [-0.4, -0.2) is 36.8 Å². The lowest BCUT2D eigenvalue weighted by Gasteiger charge is -2.05. The molecular formula is C9H15N5O2S. The summed E-state index contributed by atoms with van der Waals surface area (Å²) in [6.45, 7) is 0.422. The first-order valence-electron chi connectivity index (χ1n) is 5.01. The molecule has 0 radical (unpaired) electrons. The number of carbonyl (C=O) groups is 2. The third-order valence-corrected chi connectivity index (χ3v) is 2.91. The zero-order valence-corrected chi connectivity index (χ0v) is 10.5. The van der Waals surface area contributed by atoms with Gasteiger partial charge in [-0.3, -0.25) is 9.59 Å². The molecule has 0 aliphatic heterocycles. The highest BCUT2D eigenvalue weighted by Crippen LogP contribution is 2.26. The van der Waals surface area contributed by atoms with Gasteiger partial charge in [0, 0.05) is 27.1 Å². The summed E-state index contributed by atoms with van der Waals surface area (Å²) in [4.78, 5) is 22.5. The Morgan fingerprint density at radius 3 is 2.65 bits per heavy atom. The predicted octanol–water partition coefficient (Wildman–Crippen LogP) is -0.367. The van der Waals surface area contributed by atoms with E-state index in [1.807, 2.05) is 0 Å². The summed E-state index contributed by atoms with van der Waals surface area (Å²) >= 11 is 1.10. The molecule has 5 N–H and O–H groups in total. The molecule has 94 valence electrons. The van der Waals surface area contributed by atoms with E-state index in [0.29, 0.717) is 23.5 Å². The fourth-order valence-corrected chi connectivity index (χ4v) is 1.92. The Labute approximate surface area is 103 Å². The van der Waals surface area contributed by atoms with Gasteiger partial charge >= 0.3 is 0 Å². The average Bonchev–Trinajstić information content (AvgIpc) is 2.69. The van der Waals surface area contributed by atoms with Crippen LogP contribution >= 0.6 is 11.5 Å². The summed E-state index contributed by atoms with van der Waals surface area (Å²) in [6.07, 6.45) is 0.321. The van der Waals surface area contributed by atoms with Gasteiger partial charge in [-0.1, -0.05) is 0 Å². The Kier molecular flexibility index (Phi) is 4.70. The van der Waals surface area contributed by atoms with E-state index in [0.717, 1.165) is 11.5 Å². The molecule has 17 heavy (non-hydrogen) atoms. The van der Waals surface area contributed by atoms with Gasteiger partial charge in [0.2, 0.25) is 5.91 Å². The Morgan fingerprint density at radius 2 is 2.06 bits per heavy atom. The van der Waals surface area contributed by atoms with Crippen molar-refractivity contribution >= 4 is 34.2 Å². The number of amides is 2. The van der Waals surface area contributed by atoms with Gasteiger partial charge in [-0.05, 0) is 11.5 Å². The molecule has 0 bridgehead atoms. The molecule has 0 fully saturated rings. The summed E-state index contributed by atoms with van der Waals surface area (Å²) in [7, 11) is 3.09. The van der Waals surface area contributed by atoms with E-state index in [-0.39, 0.29) is 17.6 Å². The third-order valence-electron chi connectivity index (χ3n) is 2.09. The van der Waals surface area contributed by atoms with Crippen LogP contribution in [0.4, 0.5) is 10.8 Å². The first-order chi connectivity index (χ1) is 8.10. The molecule has 0 aliphatic rings. The molecule has 1 rings (SSSR count). The van der Waals surface area contributed by atoms with Crippen molar-refractivity contribution in [2.45, 2.75) is 6.42 Å². The largest absolute Gasteiger partial charge is 0.382 e. The van der Waals surface area contributed by atoms with Gasteiger partial charge in [-0.2, -0.15) is 4.37 Å². The number of hydrogen-bond donors (Lipinski definition) is 4. The van der Waals surface area contributed by atoms with Gasteiger partial charge in [0.1, 0.15) is 10.6 Å². The van der Waals surface area contributed by atoms with E-state index in [1.54, 1.807) is 7.05 Å². The summed E-state index contributed by atoms with van der Waals surface area (Å²) < 4.78 is 3.90. The number of nitrogen functional groups attached to an aromatic ring is 1. The molecule has 0 aromatic carbocycles. The number of hydrogen-bond acceptors (Lipinski definition) is 6. The van der Waals surface area contributed by atoms with Crippen LogP contribution in [0.2, 0.25) is 0 Å². The maximum absolute atomic E-state index is 11.5. The lowest BCUT2D eigenvalue weighted by Crippen LogP contribution is -2.22. The minimum absolute atomic E-state index is 0.0727. The number of rotatable bonds is 5. The molecule has 8 heteroatoms. The molecule has 0 saturated heterocycles. The molecular weight excluding hydrogens is 242 g/mol. The summed E-state index contributed by atoms with van der Waals surface area (Å²) in [5.41, 5.74) is 5.92. The molecule has 0 spiro atoms. The summed E-state index contributed by atoms with van der Waals surface area (Å²) in [6, 6.07) is 0. The monoisotopic (exact) mass is 257 g/mol. The van der Waals surface area contributed by atoms with Crippen LogP contribution in [0, 0.1) is 0 Å². The quantitative estimate of drug-likeness (QED) is 0.575. The van der Waals surface area contributed by atoms with Crippen LogP contribution in [-0.2, 0) is 4.79 Å². The zero-order valence-electron chi connectivity index (χ0n) is 9.66. The Morgan fingerprint density at radius 1 is 1.35 bits per heavy atom. The van der Waals surface area contributed by atoms with Crippen molar-refractivity contribution in [2.24, 2.45) is 0 Å². The second kappa shape index (κ2) is 6.04. The highest BCUT2D eigenvalue weighted by molar-refractivity contribution is 7.11. The molecule has 0 saturated carbocycles. The molecule has 1 aromatic rings. The topological polar surface area (TPSA) is 109 Å². The molecule has 1 aromatic heterocycles.